The third kappa shape index (κ3) is 2.34. The van der Waals surface area contributed by atoms with Crippen LogP contribution in [0.25, 0.3) is 0 Å². The molecule has 1 aromatic carbocycles. The molecule has 0 saturated heterocycles. The van der Waals surface area contributed by atoms with Crippen molar-refractivity contribution in [2.75, 3.05) is 4.90 Å². The lowest BCUT2D eigenvalue weighted by Crippen LogP contribution is -2.48. The van der Waals surface area contributed by atoms with Crippen molar-refractivity contribution in [3.05, 3.63) is 64.2 Å². The summed E-state index contributed by atoms with van der Waals surface area (Å²) >= 11 is 12.5. The minimum atomic E-state index is -1.14. The lowest BCUT2D eigenvalue weighted by atomic mass is 9.86. The Morgan fingerprint density at radius 2 is 1.82 bits per heavy atom. The summed E-state index contributed by atoms with van der Waals surface area (Å²) in [7, 11) is 0. The number of hydrogen-bond donors (Lipinski definition) is 2. The second-order valence-corrected chi connectivity index (χ2v) is 5.83. The maximum Gasteiger partial charge on any atom is 0.339 e. The highest BCUT2D eigenvalue weighted by molar-refractivity contribution is 6.41. The Hall–Kier alpha value is -2.04. The molecular formula is C16H12Cl2N2O2. The number of amidine groups is 1. The number of anilines is 1. The molecule has 2 atom stereocenters. The Labute approximate surface area is 137 Å². The quantitative estimate of drug-likeness (QED) is 0.861. The zero-order valence-corrected chi connectivity index (χ0v) is 12.8. The van der Waals surface area contributed by atoms with Crippen LogP contribution in [0.3, 0.4) is 0 Å². The van der Waals surface area contributed by atoms with E-state index in [0.29, 0.717) is 15.7 Å². The first-order valence-electron chi connectivity index (χ1n) is 6.63. The van der Waals surface area contributed by atoms with Crippen LogP contribution in [0.5, 0.6) is 0 Å². The number of carbonyl (C=O) groups is 1. The number of nitrogens with one attached hydrogen (secondary N) is 1. The number of hydrogen-bond acceptors (Lipinski definition) is 2. The van der Waals surface area contributed by atoms with Gasteiger partial charge in [0.05, 0.1) is 27.3 Å². The Kier molecular flexibility index (Phi) is 3.81. The molecule has 6 heteroatoms. The van der Waals surface area contributed by atoms with E-state index in [1.807, 2.05) is 24.3 Å². The molecule has 0 aromatic heterocycles. The predicted molar refractivity (Wildman–Crippen MR) is 87.9 cm³/mol. The molecule has 0 spiro atoms. The molecule has 112 valence electrons. The molecule has 1 heterocycles. The summed E-state index contributed by atoms with van der Waals surface area (Å²) in [5, 5.41) is 18.4. The van der Waals surface area contributed by atoms with Crippen LogP contribution in [-0.4, -0.2) is 23.0 Å². The van der Waals surface area contributed by atoms with Crippen molar-refractivity contribution in [2.45, 2.75) is 6.04 Å². The Morgan fingerprint density at radius 3 is 2.45 bits per heavy atom. The summed E-state index contributed by atoms with van der Waals surface area (Å²) < 4.78 is 0. The van der Waals surface area contributed by atoms with Gasteiger partial charge in [-0.25, -0.2) is 4.79 Å². The molecule has 0 bridgehead atoms. The molecule has 22 heavy (non-hydrogen) atoms. The number of allylic oxidation sites excluding steroid dienone is 2. The fourth-order valence-electron chi connectivity index (χ4n) is 2.73. The highest BCUT2D eigenvalue weighted by atomic mass is 35.5. The third-order valence-corrected chi connectivity index (χ3v) is 4.32. The van der Waals surface area contributed by atoms with Crippen LogP contribution >= 0.6 is 23.2 Å². The monoisotopic (exact) mass is 334 g/mol. The van der Waals surface area contributed by atoms with Crippen LogP contribution in [0.15, 0.2) is 54.2 Å². The largest absolute Gasteiger partial charge is 0.478 e. The van der Waals surface area contributed by atoms with Gasteiger partial charge in [0.25, 0.3) is 0 Å². The molecular weight excluding hydrogens is 323 g/mol. The first kappa shape index (κ1) is 14.9. The van der Waals surface area contributed by atoms with Crippen molar-refractivity contribution in [1.29, 1.82) is 5.41 Å². The number of carboxylic acids is 1. The number of halogens is 2. The van der Waals surface area contributed by atoms with Crippen molar-refractivity contribution in [1.82, 2.24) is 0 Å². The second kappa shape index (κ2) is 5.63. The molecule has 2 aliphatic rings. The van der Waals surface area contributed by atoms with Gasteiger partial charge >= 0.3 is 5.97 Å². The van der Waals surface area contributed by atoms with Gasteiger partial charge < -0.3 is 10.0 Å². The number of para-hydroxylation sites is 1. The van der Waals surface area contributed by atoms with Crippen molar-refractivity contribution >= 4 is 40.7 Å². The highest BCUT2D eigenvalue weighted by Gasteiger charge is 2.37. The normalized spacial score (nSPS) is 23.3. The summed E-state index contributed by atoms with van der Waals surface area (Å²) in [5.74, 6) is -1.42. The number of carboxylic acid groups (broad SMARTS) is 1. The number of rotatable bonds is 2. The van der Waals surface area contributed by atoms with Crippen LogP contribution in [0.4, 0.5) is 5.69 Å². The molecule has 0 saturated carbocycles. The van der Waals surface area contributed by atoms with E-state index in [1.165, 1.54) is 0 Å². The molecule has 3 rings (SSSR count). The van der Waals surface area contributed by atoms with Gasteiger partial charge in [-0.3, -0.25) is 5.41 Å². The van der Waals surface area contributed by atoms with Crippen molar-refractivity contribution in [3.8, 4) is 0 Å². The molecule has 2 N–H and O–H groups in total. The fourth-order valence-corrected chi connectivity index (χ4v) is 3.31. The molecule has 1 aliphatic carbocycles. The molecule has 1 aliphatic heterocycles. The molecule has 0 fully saturated rings. The fraction of sp³-hybridized carbons (Fsp3) is 0.125. The van der Waals surface area contributed by atoms with Gasteiger partial charge in [0.1, 0.15) is 5.84 Å². The Morgan fingerprint density at radius 1 is 1.18 bits per heavy atom. The molecule has 0 radical (unpaired) electrons. The van der Waals surface area contributed by atoms with Crippen molar-refractivity contribution in [2.24, 2.45) is 5.92 Å². The van der Waals surface area contributed by atoms with E-state index in [2.05, 4.69) is 0 Å². The van der Waals surface area contributed by atoms with Gasteiger partial charge in [0, 0.05) is 5.92 Å². The maximum atomic E-state index is 11.4. The molecule has 0 amide bonds. The van der Waals surface area contributed by atoms with Gasteiger partial charge in [-0.2, -0.15) is 0 Å². The summed E-state index contributed by atoms with van der Waals surface area (Å²) in [6.45, 7) is 0. The SMILES string of the molecule is N=C1C(C(=O)O)=CC2C=CC=CC2N1c1c(Cl)cccc1Cl. The number of nitrogens with zero attached hydrogens (tertiary/aromatic N) is 1. The van der Waals surface area contributed by atoms with Crippen molar-refractivity contribution < 1.29 is 9.90 Å². The Balaban J connectivity index is 2.19. The Bertz CT molecular complexity index is 732. The minimum absolute atomic E-state index is 0.0582. The van der Waals surface area contributed by atoms with E-state index >= 15 is 0 Å². The van der Waals surface area contributed by atoms with Gasteiger partial charge in [-0.05, 0) is 12.1 Å². The summed E-state index contributed by atoms with van der Waals surface area (Å²) in [5.41, 5.74) is 0.398. The first-order valence-corrected chi connectivity index (χ1v) is 7.38. The molecule has 1 aromatic rings. The lowest BCUT2D eigenvalue weighted by molar-refractivity contribution is -0.132. The highest BCUT2D eigenvalue weighted by Crippen LogP contribution is 2.40. The number of benzene rings is 1. The zero-order valence-electron chi connectivity index (χ0n) is 11.3. The van der Waals surface area contributed by atoms with Gasteiger partial charge in [-0.15, -0.1) is 0 Å². The first-order chi connectivity index (χ1) is 10.5. The van der Waals surface area contributed by atoms with E-state index in [4.69, 9.17) is 28.6 Å². The topological polar surface area (TPSA) is 64.4 Å². The average Bonchev–Trinajstić information content (AvgIpc) is 2.48. The maximum absolute atomic E-state index is 11.4. The smallest absolute Gasteiger partial charge is 0.339 e. The third-order valence-electron chi connectivity index (χ3n) is 3.71. The van der Waals surface area contributed by atoms with E-state index in [9.17, 15) is 9.90 Å². The molecule has 4 nitrogen and oxygen atoms in total. The second-order valence-electron chi connectivity index (χ2n) is 5.01. The summed E-state index contributed by atoms with van der Waals surface area (Å²) in [4.78, 5) is 13.0. The van der Waals surface area contributed by atoms with Gasteiger partial charge in [-0.1, -0.05) is 59.6 Å². The van der Waals surface area contributed by atoms with Gasteiger partial charge in [0.15, 0.2) is 0 Å². The average molecular weight is 335 g/mol. The van der Waals surface area contributed by atoms with Crippen LogP contribution < -0.4 is 4.90 Å². The van der Waals surface area contributed by atoms with E-state index in [-0.39, 0.29) is 23.4 Å². The minimum Gasteiger partial charge on any atom is -0.478 e. The summed E-state index contributed by atoms with van der Waals surface area (Å²) in [6.07, 6.45) is 9.13. The van der Waals surface area contributed by atoms with Crippen LogP contribution in [0.2, 0.25) is 10.0 Å². The molecule has 2 unspecified atom stereocenters. The van der Waals surface area contributed by atoms with E-state index in [0.717, 1.165) is 0 Å². The number of fused-ring (bicyclic) bond motifs is 1. The number of aliphatic carboxylic acids is 1. The van der Waals surface area contributed by atoms with Crippen molar-refractivity contribution in [3.63, 3.8) is 0 Å². The summed E-state index contributed by atoms with van der Waals surface area (Å²) in [6, 6.07) is 4.83. The standard InChI is InChI=1S/C16H12Cl2N2O2/c17-11-5-3-6-12(18)14(11)20-13-7-2-1-4-9(13)8-10(15(20)19)16(21)22/h1-9,13,19H,(H,21,22). The zero-order chi connectivity index (χ0) is 15.9. The van der Waals surface area contributed by atoms with E-state index in [1.54, 1.807) is 29.2 Å². The van der Waals surface area contributed by atoms with Crippen LogP contribution in [0, 0.1) is 11.3 Å². The van der Waals surface area contributed by atoms with Gasteiger partial charge in [0.2, 0.25) is 0 Å². The van der Waals surface area contributed by atoms with E-state index < -0.39 is 5.97 Å². The van der Waals surface area contributed by atoms with Crippen LogP contribution in [-0.2, 0) is 4.79 Å². The van der Waals surface area contributed by atoms with Crippen LogP contribution in [0.1, 0.15) is 0 Å². The lowest BCUT2D eigenvalue weighted by Gasteiger charge is -2.40. The predicted octanol–water partition coefficient (Wildman–Crippen LogP) is 3.91.